The Bertz CT molecular complexity index is 912. The molecule has 0 aliphatic rings. The van der Waals surface area contributed by atoms with Crippen molar-refractivity contribution in [2.75, 3.05) is 0 Å². The van der Waals surface area contributed by atoms with Gasteiger partial charge in [0.15, 0.2) is 10.1 Å². The van der Waals surface area contributed by atoms with Crippen molar-refractivity contribution < 1.29 is 44.5 Å². The van der Waals surface area contributed by atoms with Gasteiger partial charge >= 0.3 is 17.4 Å². The highest BCUT2D eigenvalue weighted by atomic mass is 32.2. The first kappa shape index (κ1) is 19.0. The number of alkyl halides is 5. The SMILES string of the molecule is O=C(OC(C(F)(F)F)C(F)(F)S(=O)(=O)[O-])c1cc2ccccc2cn1. The lowest BCUT2D eigenvalue weighted by molar-refractivity contribution is -0.248. The molecule has 6 nitrogen and oxygen atoms in total. The molecule has 136 valence electrons. The summed E-state index contributed by atoms with van der Waals surface area (Å²) in [6.45, 7) is 0. The van der Waals surface area contributed by atoms with Gasteiger partial charge in [-0.05, 0) is 11.5 Å². The zero-order chi connectivity index (χ0) is 19.0. The number of ether oxygens (including phenoxy) is 1. The monoisotopic (exact) mass is 384 g/mol. The number of hydrogen-bond acceptors (Lipinski definition) is 6. The Kier molecular flexibility index (Phi) is 4.70. The van der Waals surface area contributed by atoms with Crippen LogP contribution in [0.5, 0.6) is 0 Å². The number of halogens is 5. The molecule has 0 aliphatic carbocycles. The highest BCUT2D eigenvalue weighted by Gasteiger charge is 2.63. The van der Waals surface area contributed by atoms with Crippen LogP contribution in [0.15, 0.2) is 36.5 Å². The lowest BCUT2D eigenvalue weighted by atomic mass is 10.1. The van der Waals surface area contributed by atoms with Gasteiger partial charge in [-0.25, -0.2) is 18.2 Å². The van der Waals surface area contributed by atoms with Crippen LogP contribution in [0.1, 0.15) is 10.5 Å². The minimum absolute atomic E-state index is 0.344. The first-order chi connectivity index (χ1) is 11.3. The second-order valence-corrected chi connectivity index (χ2v) is 6.21. The van der Waals surface area contributed by atoms with E-state index in [1.807, 2.05) is 0 Å². The van der Waals surface area contributed by atoms with Gasteiger partial charge in [0.2, 0.25) is 0 Å². The molecule has 12 heteroatoms. The van der Waals surface area contributed by atoms with E-state index in [1.54, 1.807) is 12.1 Å². The van der Waals surface area contributed by atoms with Gasteiger partial charge in [0, 0.05) is 11.6 Å². The predicted molar refractivity (Wildman–Crippen MR) is 71.6 cm³/mol. The zero-order valence-electron chi connectivity index (χ0n) is 11.8. The first-order valence-electron chi connectivity index (χ1n) is 6.30. The Morgan fingerprint density at radius 2 is 1.68 bits per heavy atom. The summed E-state index contributed by atoms with van der Waals surface area (Å²) in [4.78, 5) is 15.2. The Morgan fingerprint density at radius 3 is 2.20 bits per heavy atom. The summed E-state index contributed by atoms with van der Waals surface area (Å²) in [6, 6.07) is 7.14. The second-order valence-electron chi connectivity index (χ2n) is 4.76. The predicted octanol–water partition coefficient (Wildman–Crippen LogP) is 2.46. The van der Waals surface area contributed by atoms with E-state index in [-0.39, 0.29) is 0 Å². The Morgan fingerprint density at radius 1 is 1.12 bits per heavy atom. The van der Waals surface area contributed by atoms with Crippen molar-refractivity contribution in [3.63, 3.8) is 0 Å². The first-order valence-corrected chi connectivity index (χ1v) is 7.70. The van der Waals surface area contributed by atoms with Crippen LogP contribution in [0.4, 0.5) is 22.0 Å². The topological polar surface area (TPSA) is 96.4 Å². The third kappa shape index (κ3) is 3.85. The van der Waals surface area contributed by atoms with Gasteiger partial charge in [-0.2, -0.15) is 22.0 Å². The number of aromatic nitrogens is 1. The Labute approximate surface area is 137 Å². The number of nitrogens with zero attached hydrogens (tertiary/aromatic N) is 1. The fourth-order valence-corrected chi connectivity index (χ4v) is 2.26. The number of carbonyl (C=O) groups excluding carboxylic acids is 1. The minimum Gasteiger partial charge on any atom is -0.743 e. The molecule has 25 heavy (non-hydrogen) atoms. The van der Waals surface area contributed by atoms with Crippen LogP contribution in [0, 0.1) is 0 Å². The summed E-state index contributed by atoms with van der Waals surface area (Å²) >= 11 is 0. The van der Waals surface area contributed by atoms with Crippen LogP contribution < -0.4 is 0 Å². The van der Waals surface area contributed by atoms with Crippen LogP contribution in [-0.4, -0.2) is 41.5 Å². The van der Waals surface area contributed by atoms with E-state index in [1.165, 1.54) is 12.1 Å². The van der Waals surface area contributed by atoms with Crippen molar-refractivity contribution in [3.8, 4) is 0 Å². The Hall–Kier alpha value is -2.34. The second kappa shape index (κ2) is 6.19. The molecule has 1 aromatic carbocycles. The van der Waals surface area contributed by atoms with E-state index in [4.69, 9.17) is 0 Å². The summed E-state index contributed by atoms with van der Waals surface area (Å²) in [5, 5.41) is -5.06. The van der Waals surface area contributed by atoms with Gasteiger partial charge in [-0.3, -0.25) is 0 Å². The van der Waals surface area contributed by atoms with Gasteiger partial charge in [-0.1, -0.05) is 24.3 Å². The number of carbonyl (C=O) groups is 1. The smallest absolute Gasteiger partial charge is 0.432 e. The maximum atomic E-state index is 13.3. The molecule has 0 saturated heterocycles. The fourth-order valence-electron chi connectivity index (χ4n) is 1.82. The molecule has 1 unspecified atom stereocenters. The summed E-state index contributed by atoms with van der Waals surface area (Å²) in [5.41, 5.74) is -0.771. The van der Waals surface area contributed by atoms with Crippen LogP contribution >= 0.6 is 0 Å². The molecule has 0 fully saturated rings. The number of hydrogen-bond donors (Lipinski definition) is 0. The normalized spacial score (nSPS) is 14.3. The summed E-state index contributed by atoms with van der Waals surface area (Å²) in [6.07, 6.45) is -9.40. The maximum Gasteiger partial charge on any atom is 0.432 e. The number of rotatable bonds is 4. The fraction of sp³-hybridized carbons (Fsp3) is 0.231. The van der Waals surface area contributed by atoms with Crippen LogP contribution in [0.25, 0.3) is 10.8 Å². The molecule has 1 atom stereocenters. The van der Waals surface area contributed by atoms with Gasteiger partial charge in [0.1, 0.15) is 5.69 Å². The van der Waals surface area contributed by atoms with Crippen molar-refractivity contribution >= 4 is 26.9 Å². The lowest BCUT2D eigenvalue weighted by Gasteiger charge is -2.29. The molecule has 0 amide bonds. The van der Waals surface area contributed by atoms with Crippen molar-refractivity contribution in [3.05, 3.63) is 42.2 Å². The molecule has 1 heterocycles. The molecule has 0 radical (unpaired) electrons. The molecule has 0 saturated carbocycles. The molecule has 1 aromatic heterocycles. The summed E-state index contributed by atoms with van der Waals surface area (Å²) in [7, 11) is -6.75. The highest BCUT2D eigenvalue weighted by Crippen LogP contribution is 2.38. The van der Waals surface area contributed by atoms with E-state index in [0.29, 0.717) is 10.8 Å². The molecule has 2 rings (SSSR count). The quantitative estimate of drug-likeness (QED) is 0.456. The number of fused-ring (bicyclic) bond motifs is 1. The molecule has 0 aliphatic heterocycles. The third-order valence-electron chi connectivity index (χ3n) is 3.00. The van der Waals surface area contributed by atoms with E-state index in [2.05, 4.69) is 9.72 Å². The number of benzene rings is 1. The van der Waals surface area contributed by atoms with Crippen LogP contribution in [0.2, 0.25) is 0 Å². The van der Waals surface area contributed by atoms with Crippen LogP contribution in [0.3, 0.4) is 0 Å². The van der Waals surface area contributed by atoms with E-state index < -0.39 is 39.3 Å². The molecule has 0 bridgehead atoms. The van der Waals surface area contributed by atoms with E-state index in [0.717, 1.165) is 12.3 Å². The highest BCUT2D eigenvalue weighted by molar-refractivity contribution is 7.86. The summed E-state index contributed by atoms with van der Waals surface area (Å²) in [5.74, 6) is -1.96. The van der Waals surface area contributed by atoms with Gasteiger partial charge in [-0.15, -0.1) is 0 Å². The van der Waals surface area contributed by atoms with Gasteiger partial charge in [0.05, 0.1) is 0 Å². The average molecular weight is 384 g/mol. The minimum atomic E-state index is -6.75. The molecule has 0 spiro atoms. The zero-order valence-corrected chi connectivity index (χ0v) is 12.6. The van der Waals surface area contributed by atoms with E-state index in [9.17, 15) is 39.7 Å². The maximum absolute atomic E-state index is 13.3. The van der Waals surface area contributed by atoms with Crippen molar-refractivity contribution in [1.29, 1.82) is 0 Å². The molecular weight excluding hydrogens is 377 g/mol. The Balaban J connectivity index is 2.39. The van der Waals surface area contributed by atoms with Crippen molar-refractivity contribution in [2.24, 2.45) is 0 Å². The molecule has 2 aromatic rings. The third-order valence-corrected chi connectivity index (χ3v) is 3.88. The largest absolute Gasteiger partial charge is 0.743 e. The number of pyridine rings is 1. The van der Waals surface area contributed by atoms with Crippen molar-refractivity contribution in [1.82, 2.24) is 4.98 Å². The van der Waals surface area contributed by atoms with Gasteiger partial charge < -0.3 is 9.29 Å². The van der Waals surface area contributed by atoms with Crippen molar-refractivity contribution in [2.45, 2.75) is 17.5 Å². The molecular formula is C13H7F5NO5S-. The van der Waals surface area contributed by atoms with E-state index >= 15 is 0 Å². The van der Waals surface area contributed by atoms with Crippen LogP contribution in [-0.2, 0) is 14.9 Å². The lowest BCUT2D eigenvalue weighted by Crippen LogP contribution is -2.52. The number of esters is 1. The summed E-state index contributed by atoms with van der Waals surface area (Å²) < 4.78 is 99.5. The van der Waals surface area contributed by atoms with Gasteiger partial charge in [0.25, 0.3) is 6.10 Å². The molecule has 0 N–H and O–H groups in total. The average Bonchev–Trinajstić information content (AvgIpc) is 2.49. The standard InChI is InChI=1S/C13H8F5NO5S/c14-12(15,16)11(13(17,18)25(21,22)23)24-10(20)9-5-7-3-1-2-4-8(7)6-19-9/h1-6,11H,(H,21,22,23)/p-1.